The topological polar surface area (TPSA) is 32.3 Å². The van der Waals surface area contributed by atoms with Gasteiger partial charge in [0.25, 0.3) is 0 Å². The molecule has 0 radical (unpaired) electrons. The van der Waals surface area contributed by atoms with Crippen molar-refractivity contribution < 1.29 is 4.39 Å². The maximum atomic E-state index is 13.9. The molecular weight excluding hydrogens is 299 g/mol. The quantitative estimate of drug-likeness (QED) is 0.871. The molecule has 2 atom stereocenters. The summed E-state index contributed by atoms with van der Waals surface area (Å²) >= 11 is 1.71. The third-order valence-corrected chi connectivity index (χ3v) is 5.47. The average molecular weight is 318 g/mol. The number of aryl methyl sites for hydroxylation is 1. The van der Waals surface area contributed by atoms with Crippen molar-refractivity contribution in [2.75, 3.05) is 31.1 Å². The molecule has 2 aromatic rings. The van der Waals surface area contributed by atoms with Crippen LogP contribution in [0.25, 0.3) is 0 Å². The van der Waals surface area contributed by atoms with Gasteiger partial charge in [-0.3, -0.25) is 4.90 Å². The first-order chi connectivity index (χ1) is 10.7. The monoisotopic (exact) mass is 318 g/mol. The highest BCUT2D eigenvalue weighted by Crippen LogP contribution is 2.34. The molecule has 6 heteroatoms. The van der Waals surface area contributed by atoms with Crippen LogP contribution in [0.4, 0.5) is 10.2 Å². The van der Waals surface area contributed by atoms with Crippen molar-refractivity contribution in [1.29, 1.82) is 0 Å². The van der Waals surface area contributed by atoms with Crippen molar-refractivity contribution in [2.45, 2.75) is 13.5 Å². The molecule has 4 nitrogen and oxygen atoms in total. The highest BCUT2D eigenvalue weighted by molar-refractivity contribution is 7.09. The van der Waals surface area contributed by atoms with E-state index in [0.717, 1.165) is 37.7 Å². The van der Waals surface area contributed by atoms with Crippen molar-refractivity contribution in [1.82, 2.24) is 14.9 Å². The lowest BCUT2D eigenvalue weighted by molar-refractivity contribution is 0.305. The van der Waals surface area contributed by atoms with Crippen LogP contribution in [-0.4, -0.2) is 41.0 Å². The third kappa shape index (κ3) is 2.61. The number of fused-ring (bicyclic) bond motifs is 1. The van der Waals surface area contributed by atoms with E-state index >= 15 is 0 Å². The number of pyridine rings is 1. The molecule has 2 fully saturated rings. The molecule has 22 heavy (non-hydrogen) atoms. The summed E-state index contributed by atoms with van der Waals surface area (Å²) in [6.45, 7) is 6.95. The number of likely N-dealkylation sites (tertiary alicyclic amines) is 1. The molecule has 4 rings (SSSR count). The Kier molecular flexibility index (Phi) is 3.58. The maximum Gasteiger partial charge on any atom is 0.165 e. The molecule has 0 N–H and O–H groups in total. The van der Waals surface area contributed by atoms with E-state index in [1.54, 1.807) is 23.6 Å². The molecule has 0 aliphatic carbocycles. The van der Waals surface area contributed by atoms with Gasteiger partial charge in [-0.15, -0.1) is 11.3 Å². The Labute approximate surface area is 133 Å². The fourth-order valence-electron chi connectivity index (χ4n) is 3.71. The van der Waals surface area contributed by atoms with Gasteiger partial charge < -0.3 is 4.90 Å². The number of aromatic nitrogens is 2. The predicted molar refractivity (Wildman–Crippen MR) is 85.5 cm³/mol. The molecule has 2 saturated heterocycles. The molecule has 0 aromatic carbocycles. The zero-order valence-corrected chi connectivity index (χ0v) is 13.4. The first-order valence-corrected chi connectivity index (χ1v) is 8.56. The molecule has 116 valence electrons. The van der Waals surface area contributed by atoms with Gasteiger partial charge in [0.15, 0.2) is 11.6 Å². The fraction of sp³-hybridized carbons (Fsp3) is 0.500. The van der Waals surface area contributed by atoms with E-state index in [1.165, 1.54) is 11.8 Å². The average Bonchev–Trinajstić information content (AvgIpc) is 3.14. The number of anilines is 1. The number of thiazole rings is 1. The van der Waals surface area contributed by atoms with Crippen LogP contribution in [0, 0.1) is 24.6 Å². The first-order valence-electron chi connectivity index (χ1n) is 7.68. The van der Waals surface area contributed by atoms with Gasteiger partial charge in [-0.2, -0.15) is 0 Å². The summed E-state index contributed by atoms with van der Waals surface area (Å²) in [6, 6.07) is 3.14. The fourth-order valence-corrected chi connectivity index (χ4v) is 4.32. The van der Waals surface area contributed by atoms with Gasteiger partial charge in [-0.05, 0) is 30.9 Å². The molecule has 4 heterocycles. The number of halogens is 1. The van der Waals surface area contributed by atoms with Crippen molar-refractivity contribution in [2.24, 2.45) is 11.8 Å². The van der Waals surface area contributed by atoms with Crippen molar-refractivity contribution in [3.05, 3.63) is 40.2 Å². The van der Waals surface area contributed by atoms with Crippen LogP contribution in [0.3, 0.4) is 0 Å². The second-order valence-corrected chi connectivity index (χ2v) is 7.35. The minimum absolute atomic E-state index is 0.211. The third-order valence-electron chi connectivity index (χ3n) is 4.65. The van der Waals surface area contributed by atoms with Crippen molar-refractivity contribution in [3.8, 4) is 0 Å². The van der Waals surface area contributed by atoms with E-state index < -0.39 is 0 Å². The summed E-state index contributed by atoms with van der Waals surface area (Å²) in [5, 5.41) is 3.28. The molecular formula is C16H19FN4S. The van der Waals surface area contributed by atoms with E-state index in [0.29, 0.717) is 17.7 Å². The number of nitrogens with zero attached hydrogens (tertiary/aromatic N) is 4. The van der Waals surface area contributed by atoms with Gasteiger partial charge in [-0.1, -0.05) is 0 Å². The van der Waals surface area contributed by atoms with Gasteiger partial charge in [-0.25, -0.2) is 14.4 Å². The molecule has 2 unspecified atom stereocenters. The predicted octanol–water partition coefficient (Wildman–Crippen LogP) is 2.55. The lowest BCUT2D eigenvalue weighted by Gasteiger charge is -2.22. The van der Waals surface area contributed by atoms with Crippen LogP contribution >= 0.6 is 11.3 Å². The van der Waals surface area contributed by atoms with Gasteiger partial charge in [0.05, 0.1) is 10.7 Å². The normalized spacial score (nSPS) is 24.9. The Morgan fingerprint density at radius 2 is 2.05 bits per heavy atom. The van der Waals surface area contributed by atoms with E-state index in [4.69, 9.17) is 0 Å². The van der Waals surface area contributed by atoms with Crippen LogP contribution in [0.15, 0.2) is 23.7 Å². The van der Waals surface area contributed by atoms with Gasteiger partial charge >= 0.3 is 0 Å². The Morgan fingerprint density at radius 1 is 1.27 bits per heavy atom. The molecule has 0 bridgehead atoms. The number of hydrogen-bond acceptors (Lipinski definition) is 5. The number of hydrogen-bond donors (Lipinski definition) is 0. The zero-order valence-electron chi connectivity index (χ0n) is 12.6. The van der Waals surface area contributed by atoms with Gasteiger partial charge in [0, 0.05) is 44.3 Å². The SMILES string of the molecule is Cc1nc(CN2CC3CN(c4ncccc4F)CC3C2)cs1. The Morgan fingerprint density at radius 3 is 2.68 bits per heavy atom. The highest BCUT2D eigenvalue weighted by atomic mass is 32.1. The van der Waals surface area contributed by atoms with E-state index in [1.807, 2.05) is 6.92 Å². The largest absolute Gasteiger partial charge is 0.354 e. The maximum absolute atomic E-state index is 13.9. The molecule has 2 aliphatic heterocycles. The first kappa shape index (κ1) is 14.1. The Bertz CT molecular complexity index is 660. The van der Waals surface area contributed by atoms with Crippen LogP contribution in [-0.2, 0) is 6.54 Å². The smallest absolute Gasteiger partial charge is 0.165 e. The number of rotatable bonds is 3. The molecule has 2 aliphatic rings. The Hall–Kier alpha value is -1.53. The summed E-state index contributed by atoms with van der Waals surface area (Å²) in [5.41, 5.74) is 1.18. The highest BCUT2D eigenvalue weighted by Gasteiger charge is 2.40. The van der Waals surface area contributed by atoms with Crippen molar-refractivity contribution in [3.63, 3.8) is 0 Å². The van der Waals surface area contributed by atoms with Gasteiger partial charge in [0.1, 0.15) is 0 Å². The van der Waals surface area contributed by atoms with Crippen molar-refractivity contribution >= 4 is 17.2 Å². The molecule has 2 aromatic heterocycles. The summed E-state index contributed by atoms with van der Waals surface area (Å²) in [5.74, 6) is 1.53. The van der Waals surface area contributed by atoms with E-state index in [2.05, 4.69) is 25.1 Å². The van der Waals surface area contributed by atoms with Crippen LogP contribution in [0.1, 0.15) is 10.7 Å². The second-order valence-electron chi connectivity index (χ2n) is 6.29. The minimum atomic E-state index is -0.211. The molecule has 0 saturated carbocycles. The zero-order chi connectivity index (χ0) is 15.1. The lowest BCUT2D eigenvalue weighted by Crippen LogP contribution is -2.29. The lowest BCUT2D eigenvalue weighted by atomic mass is 10.0. The summed E-state index contributed by atoms with van der Waals surface area (Å²) in [4.78, 5) is 13.3. The summed E-state index contributed by atoms with van der Waals surface area (Å²) in [7, 11) is 0. The molecule has 0 amide bonds. The second kappa shape index (κ2) is 5.59. The van der Waals surface area contributed by atoms with E-state index in [9.17, 15) is 4.39 Å². The Balaban J connectivity index is 1.39. The van der Waals surface area contributed by atoms with Gasteiger partial charge in [0.2, 0.25) is 0 Å². The molecule has 0 spiro atoms. The summed E-state index contributed by atoms with van der Waals surface area (Å²) in [6.07, 6.45) is 1.67. The summed E-state index contributed by atoms with van der Waals surface area (Å²) < 4.78 is 13.9. The standard InChI is InChI=1S/C16H19FN4S/c1-11-19-14(10-22-11)9-20-5-12-7-21(8-13(12)6-20)16-15(17)3-2-4-18-16/h2-4,10,12-13H,5-9H2,1H3. The minimum Gasteiger partial charge on any atom is -0.354 e. The van der Waals surface area contributed by atoms with E-state index in [-0.39, 0.29) is 5.82 Å². The van der Waals surface area contributed by atoms with Crippen LogP contribution in [0.5, 0.6) is 0 Å². The van der Waals surface area contributed by atoms with Crippen LogP contribution < -0.4 is 4.90 Å². The van der Waals surface area contributed by atoms with Crippen LogP contribution in [0.2, 0.25) is 0 Å².